The van der Waals surface area contributed by atoms with Crippen LogP contribution < -0.4 is 31.4 Å². The number of rotatable bonds is 11. The number of ether oxygens (including phenoxy) is 3. The summed E-state index contributed by atoms with van der Waals surface area (Å²) in [5.74, 6) is 8.75. The minimum Gasteiger partial charge on any atom is -0.497 e. The van der Waals surface area contributed by atoms with E-state index in [1.165, 1.54) is 5.01 Å². The van der Waals surface area contributed by atoms with E-state index in [1.807, 2.05) is 48.5 Å². The molecule has 0 radical (unpaired) electrons. The van der Waals surface area contributed by atoms with Crippen LogP contribution in [0.5, 0.6) is 11.5 Å². The summed E-state index contributed by atoms with van der Waals surface area (Å²) in [6.07, 6.45) is 0. The maximum atomic E-state index is 10.7. The summed E-state index contributed by atoms with van der Waals surface area (Å²) in [5, 5.41) is 3.98. The molecule has 0 fully saturated rings. The molecule has 0 heterocycles. The molecule has 0 aromatic heterocycles. The zero-order valence-corrected chi connectivity index (χ0v) is 18.2. The summed E-state index contributed by atoms with van der Waals surface area (Å²) in [7, 11) is 1.61. The molecule has 0 atom stereocenters. The second-order valence-corrected chi connectivity index (χ2v) is 7.11. The number of nitrogens with two attached hydrogens (primary N) is 2. The number of methoxy groups -OCH3 is 1. The number of amides is 2. The molecule has 5 N–H and O–H groups in total. The van der Waals surface area contributed by atoms with Crippen molar-refractivity contribution < 1.29 is 19.0 Å². The Kier molecular flexibility index (Phi) is 9.60. The summed E-state index contributed by atoms with van der Waals surface area (Å²) in [5.41, 5.74) is 6.58. The Bertz CT molecular complexity index is 838. The summed E-state index contributed by atoms with van der Waals surface area (Å²) >= 11 is 0. The number of urea groups is 1. The Balaban J connectivity index is 2.14. The van der Waals surface area contributed by atoms with Crippen LogP contribution in [-0.2, 0) is 4.74 Å². The lowest BCUT2D eigenvalue weighted by molar-refractivity contribution is 0.117. The number of anilines is 1. The van der Waals surface area contributed by atoms with Gasteiger partial charge in [-0.3, -0.25) is 5.01 Å². The molecule has 0 bridgehead atoms. The third-order valence-corrected chi connectivity index (χ3v) is 4.12. The van der Waals surface area contributed by atoms with Gasteiger partial charge in [-0.25, -0.2) is 15.6 Å². The van der Waals surface area contributed by atoms with Crippen molar-refractivity contribution in [2.75, 3.05) is 38.6 Å². The number of hydrogen-bond acceptors (Lipinski definition) is 6. The van der Waals surface area contributed by atoms with Crippen molar-refractivity contribution in [3.8, 4) is 11.5 Å². The molecule has 0 saturated carbocycles. The van der Waals surface area contributed by atoms with Gasteiger partial charge in [0.2, 0.25) is 0 Å². The Morgan fingerprint density at radius 3 is 2.32 bits per heavy atom. The van der Waals surface area contributed by atoms with Gasteiger partial charge in [-0.05, 0) is 54.4 Å². The summed E-state index contributed by atoms with van der Waals surface area (Å²) < 4.78 is 16.4. The van der Waals surface area contributed by atoms with Crippen LogP contribution in [0.1, 0.15) is 19.4 Å². The second-order valence-electron chi connectivity index (χ2n) is 7.11. The van der Waals surface area contributed by atoms with Crippen molar-refractivity contribution in [2.45, 2.75) is 13.8 Å². The lowest BCUT2D eigenvalue weighted by Crippen LogP contribution is -2.38. The average molecular weight is 430 g/mol. The molecule has 0 aliphatic carbocycles. The monoisotopic (exact) mass is 429 g/mol. The normalized spacial score (nSPS) is 11.3. The lowest BCUT2D eigenvalue weighted by Gasteiger charge is -2.22. The summed E-state index contributed by atoms with van der Waals surface area (Å²) in [6.45, 7) is 5.58. The van der Waals surface area contributed by atoms with Gasteiger partial charge in [0.05, 0.1) is 25.9 Å². The lowest BCUT2D eigenvalue weighted by atomic mass is 10.1. The molecule has 2 aromatic rings. The van der Waals surface area contributed by atoms with E-state index in [1.54, 1.807) is 7.11 Å². The van der Waals surface area contributed by atoms with Gasteiger partial charge in [0, 0.05) is 5.56 Å². The number of carbonyl (C=O) groups is 1. The Labute approximate surface area is 182 Å². The van der Waals surface area contributed by atoms with Crippen molar-refractivity contribution in [1.29, 1.82) is 0 Å². The van der Waals surface area contributed by atoms with Crippen molar-refractivity contribution in [2.24, 2.45) is 22.5 Å². The minimum absolute atomic E-state index is 0.189. The van der Waals surface area contributed by atoms with Crippen LogP contribution in [0.2, 0.25) is 0 Å². The minimum atomic E-state index is -0.582. The number of primary amides is 1. The fourth-order valence-corrected chi connectivity index (χ4v) is 2.61. The van der Waals surface area contributed by atoms with Crippen molar-refractivity contribution >= 4 is 17.6 Å². The molecule has 0 aliphatic rings. The number of hydrogen-bond donors (Lipinski definition) is 3. The topological polar surface area (TPSA) is 124 Å². The maximum Gasteiger partial charge on any atom is 0.312 e. The molecule has 168 valence electrons. The first-order valence-corrected chi connectivity index (χ1v) is 9.98. The smallest absolute Gasteiger partial charge is 0.312 e. The van der Waals surface area contributed by atoms with E-state index in [0.29, 0.717) is 37.3 Å². The Hall–Kier alpha value is -3.30. The molecule has 2 aromatic carbocycles. The molecule has 9 heteroatoms. The second kappa shape index (κ2) is 12.4. The van der Waals surface area contributed by atoms with Crippen molar-refractivity contribution in [3.63, 3.8) is 0 Å². The molecule has 0 spiro atoms. The average Bonchev–Trinajstić information content (AvgIpc) is 2.77. The first-order valence-electron chi connectivity index (χ1n) is 9.98. The fourth-order valence-electron chi connectivity index (χ4n) is 2.61. The molecular formula is C22H31N5O4. The largest absolute Gasteiger partial charge is 0.497 e. The van der Waals surface area contributed by atoms with Crippen LogP contribution in [0.25, 0.3) is 0 Å². The zero-order valence-electron chi connectivity index (χ0n) is 18.2. The molecule has 31 heavy (non-hydrogen) atoms. The van der Waals surface area contributed by atoms with Gasteiger partial charge in [-0.2, -0.15) is 0 Å². The number of hydrazine groups is 1. The predicted octanol–water partition coefficient (Wildman–Crippen LogP) is 2.50. The molecule has 9 nitrogen and oxygen atoms in total. The van der Waals surface area contributed by atoms with Gasteiger partial charge in [0.15, 0.2) is 5.84 Å². The SMILES string of the molecule is COc1ccc(N(N)/C(=N\COCC(C)C)c2ccc(OCCNC(N)=O)cc2)cc1. The van der Waals surface area contributed by atoms with Gasteiger partial charge >= 0.3 is 6.03 Å². The summed E-state index contributed by atoms with van der Waals surface area (Å²) in [4.78, 5) is 15.3. The van der Waals surface area contributed by atoms with Crippen LogP contribution in [0.15, 0.2) is 53.5 Å². The van der Waals surface area contributed by atoms with E-state index >= 15 is 0 Å². The van der Waals surface area contributed by atoms with Crippen LogP contribution in [0, 0.1) is 5.92 Å². The molecule has 0 aliphatic heterocycles. The van der Waals surface area contributed by atoms with E-state index < -0.39 is 6.03 Å². The fraction of sp³-hybridized carbons (Fsp3) is 0.364. The highest BCUT2D eigenvalue weighted by Gasteiger charge is 2.13. The van der Waals surface area contributed by atoms with E-state index in [0.717, 1.165) is 17.0 Å². The molecule has 0 unspecified atom stereocenters. The quantitative estimate of drug-likeness (QED) is 0.166. The van der Waals surface area contributed by atoms with Gasteiger partial charge in [-0.1, -0.05) is 13.8 Å². The molecular weight excluding hydrogens is 398 g/mol. The number of aliphatic imine (C=N–C) groups is 1. The predicted molar refractivity (Wildman–Crippen MR) is 121 cm³/mol. The van der Waals surface area contributed by atoms with Gasteiger partial charge in [-0.15, -0.1) is 0 Å². The highest BCUT2D eigenvalue weighted by Crippen LogP contribution is 2.20. The first-order chi connectivity index (χ1) is 14.9. The van der Waals surface area contributed by atoms with Crippen LogP contribution in [0.4, 0.5) is 10.5 Å². The number of benzene rings is 2. The maximum absolute atomic E-state index is 10.7. The van der Waals surface area contributed by atoms with Crippen molar-refractivity contribution in [3.05, 3.63) is 54.1 Å². The third kappa shape index (κ3) is 8.15. The number of nitrogens with zero attached hydrogens (tertiary/aromatic N) is 2. The first kappa shape index (κ1) is 24.0. The van der Waals surface area contributed by atoms with Crippen LogP contribution in [0.3, 0.4) is 0 Å². The Morgan fingerprint density at radius 1 is 1.10 bits per heavy atom. The van der Waals surface area contributed by atoms with Gasteiger partial charge in [0.25, 0.3) is 0 Å². The zero-order chi connectivity index (χ0) is 22.6. The van der Waals surface area contributed by atoms with Crippen molar-refractivity contribution in [1.82, 2.24) is 5.32 Å². The third-order valence-electron chi connectivity index (χ3n) is 4.12. The molecule has 2 amide bonds. The van der Waals surface area contributed by atoms with Gasteiger partial charge in [0.1, 0.15) is 24.8 Å². The Morgan fingerprint density at radius 2 is 1.74 bits per heavy atom. The summed E-state index contributed by atoms with van der Waals surface area (Å²) in [6, 6.07) is 14.1. The highest BCUT2D eigenvalue weighted by molar-refractivity contribution is 6.09. The molecule has 0 saturated heterocycles. The van der Waals surface area contributed by atoms with E-state index in [2.05, 4.69) is 24.2 Å². The highest BCUT2D eigenvalue weighted by atomic mass is 16.5. The van der Waals surface area contributed by atoms with E-state index in [4.69, 9.17) is 25.8 Å². The number of carbonyl (C=O) groups excluding carboxylic acids is 1. The standard InChI is InChI=1S/C22H31N5O4/c1-16(2)14-30-15-26-21(27(24)18-6-10-19(29-3)11-7-18)17-4-8-20(9-5-17)31-13-12-25-22(23)28/h4-11,16H,12-15,24H2,1-3H3,(H3,23,25,28)/b26-21-. The van der Waals surface area contributed by atoms with Gasteiger partial charge < -0.3 is 25.3 Å². The molecule has 2 rings (SSSR count). The number of nitrogens with one attached hydrogen (secondary N) is 1. The number of amidine groups is 1. The van der Waals surface area contributed by atoms with Crippen LogP contribution >= 0.6 is 0 Å². The van der Waals surface area contributed by atoms with E-state index in [9.17, 15) is 4.79 Å². The van der Waals surface area contributed by atoms with E-state index in [-0.39, 0.29) is 6.73 Å². The van der Waals surface area contributed by atoms with Crippen LogP contribution in [-0.4, -0.2) is 45.5 Å².